The second kappa shape index (κ2) is 6.39. The second-order valence-electron chi connectivity index (χ2n) is 4.83. The van der Waals surface area contributed by atoms with Gasteiger partial charge < -0.3 is 10.6 Å². The Kier molecular flexibility index (Phi) is 4.77. The smallest absolute Gasteiger partial charge is 0.139 e. The summed E-state index contributed by atoms with van der Waals surface area (Å²) in [7, 11) is 0. The lowest BCUT2D eigenvalue weighted by atomic mass is 10.2. The molecule has 6 heteroatoms. The van der Waals surface area contributed by atoms with Crippen LogP contribution >= 0.6 is 15.9 Å². The lowest BCUT2D eigenvalue weighted by Gasteiger charge is -2.15. The van der Waals surface area contributed by atoms with E-state index in [1.54, 1.807) is 6.07 Å². The fourth-order valence-corrected chi connectivity index (χ4v) is 2.34. The molecular formula is C15H18BrFN4. The van der Waals surface area contributed by atoms with E-state index in [0.29, 0.717) is 10.3 Å². The largest absolute Gasteiger partial charge is 0.370 e. The minimum Gasteiger partial charge on any atom is -0.370 e. The average molecular weight is 353 g/mol. The standard InChI is InChI=1S/C15H18BrFN4/c1-5-18-14-9(3)15(20-10(4)19-14)21-13-7-11(16)12(17)6-8(13)2/h6-7H,5H2,1-4H3,(H2,18,19,20,21). The summed E-state index contributed by atoms with van der Waals surface area (Å²) < 4.78 is 13.9. The van der Waals surface area contributed by atoms with Crippen LogP contribution in [0.1, 0.15) is 23.9 Å². The van der Waals surface area contributed by atoms with Crippen molar-refractivity contribution >= 4 is 33.3 Å². The van der Waals surface area contributed by atoms with Gasteiger partial charge in [0.1, 0.15) is 23.3 Å². The molecule has 0 saturated heterocycles. The first-order chi connectivity index (χ1) is 9.92. The van der Waals surface area contributed by atoms with Crippen molar-refractivity contribution in [2.75, 3.05) is 17.2 Å². The molecule has 1 aromatic carbocycles. The highest BCUT2D eigenvalue weighted by Crippen LogP contribution is 2.29. The monoisotopic (exact) mass is 352 g/mol. The molecule has 2 rings (SSSR count). The normalized spacial score (nSPS) is 10.6. The van der Waals surface area contributed by atoms with Crippen LogP contribution in [0.3, 0.4) is 0 Å². The summed E-state index contributed by atoms with van der Waals surface area (Å²) in [6.45, 7) is 8.46. The van der Waals surface area contributed by atoms with Gasteiger partial charge in [-0.3, -0.25) is 0 Å². The Bertz CT molecular complexity index is 673. The highest BCUT2D eigenvalue weighted by atomic mass is 79.9. The molecule has 2 aromatic rings. The number of aromatic nitrogens is 2. The van der Waals surface area contributed by atoms with Crippen LogP contribution in [0.2, 0.25) is 0 Å². The number of hydrogen-bond acceptors (Lipinski definition) is 4. The van der Waals surface area contributed by atoms with Crippen molar-refractivity contribution in [2.24, 2.45) is 0 Å². The summed E-state index contributed by atoms with van der Waals surface area (Å²) in [4.78, 5) is 8.82. The molecule has 0 bridgehead atoms. The highest BCUT2D eigenvalue weighted by molar-refractivity contribution is 9.10. The third-order valence-corrected chi connectivity index (χ3v) is 3.73. The second-order valence-corrected chi connectivity index (χ2v) is 5.68. The number of nitrogens with one attached hydrogen (secondary N) is 2. The summed E-state index contributed by atoms with van der Waals surface area (Å²) in [5.41, 5.74) is 2.56. The van der Waals surface area contributed by atoms with Crippen molar-refractivity contribution in [2.45, 2.75) is 27.7 Å². The Labute approximate surface area is 132 Å². The van der Waals surface area contributed by atoms with Crippen molar-refractivity contribution < 1.29 is 4.39 Å². The molecular weight excluding hydrogens is 335 g/mol. The van der Waals surface area contributed by atoms with Crippen molar-refractivity contribution in [3.05, 3.63) is 39.4 Å². The number of halogens is 2. The van der Waals surface area contributed by atoms with Gasteiger partial charge >= 0.3 is 0 Å². The van der Waals surface area contributed by atoms with Gasteiger partial charge in [-0.25, -0.2) is 14.4 Å². The van der Waals surface area contributed by atoms with Gasteiger partial charge in [0.25, 0.3) is 0 Å². The van der Waals surface area contributed by atoms with Gasteiger partial charge in [0.2, 0.25) is 0 Å². The van der Waals surface area contributed by atoms with Crippen LogP contribution in [0.4, 0.5) is 21.7 Å². The molecule has 0 amide bonds. The Hall–Kier alpha value is -1.69. The minimum atomic E-state index is -0.276. The quantitative estimate of drug-likeness (QED) is 0.851. The molecule has 0 atom stereocenters. The third-order valence-electron chi connectivity index (χ3n) is 3.12. The summed E-state index contributed by atoms with van der Waals surface area (Å²) in [6.07, 6.45) is 0. The van der Waals surface area contributed by atoms with Crippen LogP contribution in [0.15, 0.2) is 16.6 Å². The predicted octanol–water partition coefficient (Wildman–Crippen LogP) is 4.48. The topological polar surface area (TPSA) is 49.8 Å². The molecule has 0 aliphatic rings. The zero-order valence-corrected chi connectivity index (χ0v) is 14.1. The van der Waals surface area contributed by atoms with Crippen LogP contribution < -0.4 is 10.6 Å². The summed E-state index contributed by atoms with van der Waals surface area (Å²) in [5, 5.41) is 6.48. The first kappa shape index (κ1) is 15.7. The molecule has 0 radical (unpaired) electrons. The molecule has 1 aromatic heterocycles. The van der Waals surface area contributed by atoms with Gasteiger partial charge in [-0.1, -0.05) is 0 Å². The molecule has 0 aliphatic carbocycles. The summed E-state index contributed by atoms with van der Waals surface area (Å²) in [5.74, 6) is 1.94. The maximum absolute atomic E-state index is 13.5. The summed E-state index contributed by atoms with van der Waals surface area (Å²) in [6, 6.07) is 3.20. The first-order valence-corrected chi connectivity index (χ1v) is 7.53. The van der Waals surface area contributed by atoms with Gasteiger partial charge in [0.05, 0.1) is 4.47 Å². The number of benzene rings is 1. The molecule has 2 N–H and O–H groups in total. The average Bonchev–Trinajstić information content (AvgIpc) is 2.41. The third kappa shape index (κ3) is 3.50. The van der Waals surface area contributed by atoms with E-state index in [9.17, 15) is 4.39 Å². The Balaban J connectivity index is 2.42. The van der Waals surface area contributed by atoms with Crippen molar-refractivity contribution in [3.63, 3.8) is 0 Å². The molecule has 0 fully saturated rings. The van der Waals surface area contributed by atoms with Gasteiger partial charge in [0, 0.05) is 17.8 Å². The van der Waals surface area contributed by atoms with Crippen LogP contribution in [-0.4, -0.2) is 16.5 Å². The van der Waals surface area contributed by atoms with Gasteiger partial charge in [-0.05, 0) is 61.3 Å². The van der Waals surface area contributed by atoms with Crippen LogP contribution in [-0.2, 0) is 0 Å². The van der Waals surface area contributed by atoms with Crippen LogP contribution in [0, 0.1) is 26.6 Å². The fraction of sp³-hybridized carbons (Fsp3) is 0.333. The van der Waals surface area contributed by atoms with E-state index in [4.69, 9.17) is 0 Å². The van der Waals surface area contributed by atoms with E-state index < -0.39 is 0 Å². The van der Waals surface area contributed by atoms with E-state index >= 15 is 0 Å². The number of anilines is 3. The number of aryl methyl sites for hydroxylation is 2. The zero-order chi connectivity index (χ0) is 15.6. The number of nitrogens with zero attached hydrogens (tertiary/aromatic N) is 2. The number of hydrogen-bond donors (Lipinski definition) is 2. The molecule has 0 spiro atoms. The molecule has 21 heavy (non-hydrogen) atoms. The minimum absolute atomic E-state index is 0.276. The van der Waals surface area contributed by atoms with Gasteiger partial charge in [0.15, 0.2) is 0 Å². The lowest BCUT2D eigenvalue weighted by Crippen LogP contribution is -2.08. The van der Waals surface area contributed by atoms with E-state index in [-0.39, 0.29) is 5.82 Å². The Morgan fingerprint density at radius 3 is 2.48 bits per heavy atom. The van der Waals surface area contributed by atoms with E-state index in [1.807, 2.05) is 27.7 Å². The SMILES string of the molecule is CCNc1nc(C)nc(Nc2cc(Br)c(F)cc2C)c1C. The fourth-order valence-electron chi connectivity index (χ4n) is 2.00. The van der Waals surface area contributed by atoms with Gasteiger partial charge in [-0.15, -0.1) is 0 Å². The van der Waals surface area contributed by atoms with E-state index in [0.717, 1.165) is 35.0 Å². The van der Waals surface area contributed by atoms with Crippen LogP contribution in [0.5, 0.6) is 0 Å². The predicted molar refractivity (Wildman–Crippen MR) is 87.8 cm³/mol. The molecule has 4 nitrogen and oxygen atoms in total. The molecule has 0 saturated carbocycles. The van der Waals surface area contributed by atoms with Crippen molar-refractivity contribution in [1.29, 1.82) is 0 Å². The van der Waals surface area contributed by atoms with E-state index in [2.05, 4.69) is 36.5 Å². The van der Waals surface area contributed by atoms with Gasteiger partial charge in [-0.2, -0.15) is 0 Å². The summed E-state index contributed by atoms with van der Waals surface area (Å²) >= 11 is 3.21. The van der Waals surface area contributed by atoms with Crippen LogP contribution in [0.25, 0.3) is 0 Å². The van der Waals surface area contributed by atoms with Crippen molar-refractivity contribution in [3.8, 4) is 0 Å². The molecule has 112 valence electrons. The number of rotatable bonds is 4. The first-order valence-electron chi connectivity index (χ1n) is 6.74. The molecule has 0 unspecified atom stereocenters. The van der Waals surface area contributed by atoms with E-state index in [1.165, 1.54) is 6.07 Å². The maximum Gasteiger partial charge on any atom is 0.139 e. The molecule has 0 aliphatic heterocycles. The Morgan fingerprint density at radius 1 is 1.14 bits per heavy atom. The lowest BCUT2D eigenvalue weighted by molar-refractivity contribution is 0.620. The van der Waals surface area contributed by atoms with Crippen molar-refractivity contribution in [1.82, 2.24) is 9.97 Å². The zero-order valence-electron chi connectivity index (χ0n) is 12.5. The molecule has 1 heterocycles. The maximum atomic E-state index is 13.5. The Morgan fingerprint density at radius 2 is 1.81 bits per heavy atom. The highest BCUT2D eigenvalue weighted by Gasteiger charge is 2.11.